The van der Waals surface area contributed by atoms with Gasteiger partial charge in [0.1, 0.15) is 0 Å². The van der Waals surface area contributed by atoms with E-state index in [1.54, 1.807) is 0 Å². The fourth-order valence-electron chi connectivity index (χ4n) is 1.46. The Morgan fingerprint density at radius 1 is 1.19 bits per heavy atom. The standard InChI is InChI=1S/C13H14N2O6/c1-21-13(18)7-6-12(17)14-8-11(16)9-2-4-10(5-3-9)15(19)20/h2-5H,6-8H2,1H3,(H,14,17). The lowest BCUT2D eigenvalue weighted by atomic mass is 10.1. The first-order valence-electron chi connectivity index (χ1n) is 6.05. The number of hydrogen-bond donors (Lipinski definition) is 1. The zero-order chi connectivity index (χ0) is 15.8. The quantitative estimate of drug-likeness (QED) is 0.345. The number of nitro groups is 1. The van der Waals surface area contributed by atoms with E-state index in [9.17, 15) is 24.5 Å². The number of amides is 1. The molecular weight excluding hydrogens is 280 g/mol. The number of nitrogens with zero attached hydrogens (tertiary/aromatic N) is 1. The first kappa shape index (κ1) is 16.3. The van der Waals surface area contributed by atoms with Crippen LogP contribution in [-0.2, 0) is 14.3 Å². The van der Waals surface area contributed by atoms with Crippen LogP contribution in [0.25, 0.3) is 0 Å². The number of hydrogen-bond acceptors (Lipinski definition) is 6. The lowest BCUT2D eigenvalue weighted by Crippen LogP contribution is -2.29. The third-order valence-corrected chi connectivity index (χ3v) is 2.63. The van der Waals surface area contributed by atoms with Crippen LogP contribution in [0.15, 0.2) is 24.3 Å². The van der Waals surface area contributed by atoms with Gasteiger partial charge >= 0.3 is 5.97 Å². The summed E-state index contributed by atoms with van der Waals surface area (Å²) in [5, 5.41) is 12.8. The Labute approximate surface area is 120 Å². The first-order valence-corrected chi connectivity index (χ1v) is 6.05. The summed E-state index contributed by atoms with van der Waals surface area (Å²) >= 11 is 0. The van der Waals surface area contributed by atoms with E-state index in [0.717, 1.165) is 0 Å². The molecule has 0 aliphatic heterocycles. The summed E-state index contributed by atoms with van der Waals surface area (Å²) in [6.07, 6.45) is -0.131. The van der Waals surface area contributed by atoms with Gasteiger partial charge in [0.25, 0.3) is 5.69 Å². The molecule has 0 atom stereocenters. The second-order valence-corrected chi connectivity index (χ2v) is 4.08. The molecule has 0 spiro atoms. The zero-order valence-corrected chi connectivity index (χ0v) is 11.3. The molecule has 0 aliphatic rings. The van der Waals surface area contributed by atoms with E-state index in [2.05, 4.69) is 10.1 Å². The maximum Gasteiger partial charge on any atom is 0.306 e. The maximum absolute atomic E-state index is 11.7. The molecule has 0 unspecified atom stereocenters. The third kappa shape index (κ3) is 5.39. The van der Waals surface area contributed by atoms with Gasteiger partial charge in [-0.15, -0.1) is 0 Å². The van der Waals surface area contributed by atoms with Gasteiger partial charge in [-0.2, -0.15) is 0 Å². The van der Waals surface area contributed by atoms with Crippen molar-refractivity contribution in [3.8, 4) is 0 Å². The van der Waals surface area contributed by atoms with Gasteiger partial charge in [0.15, 0.2) is 5.78 Å². The van der Waals surface area contributed by atoms with Gasteiger partial charge in [-0.25, -0.2) is 0 Å². The fourth-order valence-corrected chi connectivity index (χ4v) is 1.46. The summed E-state index contributed by atoms with van der Waals surface area (Å²) < 4.78 is 4.39. The second kappa shape index (κ2) is 7.73. The van der Waals surface area contributed by atoms with Gasteiger partial charge < -0.3 is 10.1 Å². The molecule has 0 aromatic heterocycles. The minimum absolute atomic E-state index is 0.0615. The number of benzene rings is 1. The SMILES string of the molecule is COC(=O)CCC(=O)NCC(=O)c1ccc([N+](=O)[O-])cc1. The summed E-state index contributed by atoms with van der Waals surface area (Å²) in [6, 6.07) is 5.07. The normalized spacial score (nSPS) is 9.76. The lowest BCUT2D eigenvalue weighted by Gasteiger charge is -2.04. The van der Waals surface area contributed by atoms with Crippen molar-refractivity contribution >= 4 is 23.3 Å². The van der Waals surface area contributed by atoms with Crippen molar-refractivity contribution in [3.63, 3.8) is 0 Å². The number of nitrogens with one attached hydrogen (secondary N) is 1. The highest BCUT2D eigenvalue weighted by atomic mass is 16.6. The molecule has 21 heavy (non-hydrogen) atoms. The largest absolute Gasteiger partial charge is 0.469 e. The zero-order valence-electron chi connectivity index (χ0n) is 11.3. The fraction of sp³-hybridized carbons (Fsp3) is 0.308. The summed E-state index contributed by atoms with van der Waals surface area (Å²) in [5.41, 5.74) is 0.141. The molecule has 0 saturated heterocycles. The molecule has 1 N–H and O–H groups in total. The Morgan fingerprint density at radius 3 is 2.33 bits per heavy atom. The van der Waals surface area contributed by atoms with Crippen molar-refractivity contribution in [2.75, 3.05) is 13.7 Å². The topological polar surface area (TPSA) is 116 Å². The summed E-state index contributed by atoms with van der Waals surface area (Å²) in [6.45, 7) is -0.238. The molecule has 1 amide bonds. The molecule has 1 aromatic rings. The molecule has 0 radical (unpaired) electrons. The maximum atomic E-state index is 11.7. The van der Waals surface area contributed by atoms with Crippen molar-refractivity contribution in [1.82, 2.24) is 5.32 Å². The minimum Gasteiger partial charge on any atom is -0.469 e. The average Bonchev–Trinajstić information content (AvgIpc) is 2.50. The number of methoxy groups -OCH3 is 1. The molecule has 0 fully saturated rings. The number of ketones is 1. The van der Waals surface area contributed by atoms with Gasteiger partial charge in [0, 0.05) is 24.1 Å². The summed E-state index contributed by atoms with van der Waals surface area (Å²) in [4.78, 5) is 43.9. The number of carbonyl (C=O) groups is 3. The van der Waals surface area contributed by atoms with Crippen molar-refractivity contribution in [1.29, 1.82) is 0 Å². The van der Waals surface area contributed by atoms with E-state index < -0.39 is 16.8 Å². The van der Waals surface area contributed by atoms with Gasteiger partial charge in [0.2, 0.25) is 5.91 Å². The average molecular weight is 294 g/mol. The highest BCUT2D eigenvalue weighted by Gasteiger charge is 2.11. The Bertz CT molecular complexity index is 552. The number of nitro benzene ring substituents is 1. The highest BCUT2D eigenvalue weighted by molar-refractivity contribution is 5.99. The molecule has 8 heteroatoms. The number of carbonyl (C=O) groups excluding carboxylic acids is 3. The Balaban J connectivity index is 2.44. The number of ether oxygens (including phenoxy) is 1. The lowest BCUT2D eigenvalue weighted by molar-refractivity contribution is -0.384. The van der Waals surface area contributed by atoms with Crippen molar-refractivity contribution in [2.24, 2.45) is 0 Å². The highest BCUT2D eigenvalue weighted by Crippen LogP contribution is 2.12. The van der Waals surface area contributed by atoms with Gasteiger partial charge in [-0.1, -0.05) is 0 Å². The van der Waals surface area contributed by atoms with Crippen LogP contribution >= 0.6 is 0 Å². The molecule has 0 aliphatic carbocycles. The van der Waals surface area contributed by atoms with E-state index in [1.165, 1.54) is 31.4 Å². The predicted molar refractivity (Wildman–Crippen MR) is 71.7 cm³/mol. The Hall–Kier alpha value is -2.77. The molecule has 1 rings (SSSR count). The van der Waals surface area contributed by atoms with Gasteiger partial charge in [-0.05, 0) is 12.1 Å². The molecule has 0 heterocycles. The van der Waals surface area contributed by atoms with Crippen molar-refractivity contribution in [3.05, 3.63) is 39.9 Å². The van der Waals surface area contributed by atoms with Crippen LogP contribution in [0.4, 0.5) is 5.69 Å². The van der Waals surface area contributed by atoms with Gasteiger partial charge in [-0.3, -0.25) is 24.5 Å². The second-order valence-electron chi connectivity index (χ2n) is 4.08. The number of rotatable bonds is 7. The molecule has 0 bridgehead atoms. The van der Waals surface area contributed by atoms with Crippen molar-refractivity contribution < 1.29 is 24.0 Å². The van der Waals surface area contributed by atoms with Crippen LogP contribution in [0.2, 0.25) is 0 Å². The molecule has 1 aromatic carbocycles. The van der Waals surface area contributed by atoms with Crippen LogP contribution in [0, 0.1) is 10.1 Å². The summed E-state index contributed by atoms with van der Waals surface area (Å²) in [7, 11) is 1.22. The van der Waals surface area contributed by atoms with E-state index >= 15 is 0 Å². The van der Waals surface area contributed by atoms with E-state index in [-0.39, 0.29) is 36.4 Å². The van der Waals surface area contributed by atoms with E-state index in [0.29, 0.717) is 0 Å². The summed E-state index contributed by atoms with van der Waals surface area (Å²) in [5.74, 6) is -1.33. The monoisotopic (exact) mass is 294 g/mol. The van der Waals surface area contributed by atoms with E-state index in [1.807, 2.05) is 0 Å². The molecular formula is C13H14N2O6. The predicted octanol–water partition coefficient (Wildman–Crippen LogP) is 0.847. The number of esters is 1. The Kier molecular flexibility index (Phi) is 5.99. The van der Waals surface area contributed by atoms with Gasteiger partial charge in [0.05, 0.1) is 25.0 Å². The van der Waals surface area contributed by atoms with Crippen molar-refractivity contribution in [2.45, 2.75) is 12.8 Å². The van der Waals surface area contributed by atoms with Crippen LogP contribution in [-0.4, -0.2) is 36.2 Å². The minimum atomic E-state index is -0.567. The molecule has 8 nitrogen and oxygen atoms in total. The van der Waals surface area contributed by atoms with Crippen LogP contribution < -0.4 is 5.32 Å². The molecule has 0 saturated carbocycles. The third-order valence-electron chi connectivity index (χ3n) is 2.63. The first-order chi connectivity index (χ1) is 9.93. The van der Waals surface area contributed by atoms with Crippen LogP contribution in [0.3, 0.4) is 0 Å². The van der Waals surface area contributed by atoms with E-state index in [4.69, 9.17) is 0 Å². The van der Waals surface area contributed by atoms with Crippen LogP contribution in [0.1, 0.15) is 23.2 Å². The smallest absolute Gasteiger partial charge is 0.306 e. The van der Waals surface area contributed by atoms with Crippen LogP contribution in [0.5, 0.6) is 0 Å². The molecule has 112 valence electrons. The number of non-ortho nitro benzene ring substituents is 1. The Morgan fingerprint density at radius 2 is 1.81 bits per heavy atom. The number of Topliss-reactive ketones (excluding diaryl/α,β-unsaturated/α-hetero) is 1.